The Morgan fingerprint density at radius 2 is 1.76 bits per heavy atom. The molecular formula is C25H16Cl3N3OS. The maximum absolute atomic E-state index is 12.6. The number of nitrogens with zero attached hydrogens (tertiary/aromatic N) is 2. The summed E-state index contributed by atoms with van der Waals surface area (Å²) in [6.45, 7) is 0.628. The van der Waals surface area contributed by atoms with Gasteiger partial charge in [-0.2, -0.15) is 0 Å². The molecule has 2 heterocycles. The van der Waals surface area contributed by atoms with Gasteiger partial charge in [-0.05, 0) is 65.9 Å². The van der Waals surface area contributed by atoms with Crippen LogP contribution in [-0.2, 0) is 11.3 Å². The van der Waals surface area contributed by atoms with Crippen LogP contribution in [-0.4, -0.2) is 15.6 Å². The van der Waals surface area contributed by atoms with Crippen LogP contribution < -0.4 is 5.32 Å². The normalized spacial score (nSPS) is 16.2. The third-order valence-corrected chi connectivity index (χ3v) is 7.05. The number of amides is 1. The number of halogens is 3. The summed E-state index contributed by atoms with van der Waals surface area (Å²) >= 11 is 19.5. The molecule has 1 N–H and O–H groups in total. The van der Waals surface area contributed by atoms with Crippen molar-refractivity contribution in [3.63, 3.8) is 0 Å². The minimum atomic E-state index is -0.172. The number of aliphatic imine (C=N–C) groups is 1. The predicted octanol–water partition coefficient (Wildman–Crippen LogP) is 7.54. The number of para-hydroxylation sites is 1. The van der Waals surface area contributed by atoms with E-state index in [4.69, 9.17) is 34.8 Å². The van der Waals surface area contributed by atoms with Gasteiger partial charge in [0.15, 0.2) is 5.17 Å². The lowest BCUT2D eigenvalue weighted by Gasteiger charge is -2.06. The Balaban J connectivity index is 1.46. The number of amidine groups is 1. The number of hydrogen-bond acceptors (Lipinski definition) is 3. The van der Waals surface area contributed by atoms with Crippen LogP contribution in [0.1, 0.15) is 11.1 Å². The summed E-state index contributed by atoms with van der Waals surface area (Å²) in [5.41, 5.74) is 3.78. The molecule has 0 aliphatic carbocycles. The van der Waals surface area contributed by atoms with Crippen molar-refractivity contribution < 1.29 is 4.79 Å². The largest absolute Gasteiger partial charge is 0.342 e. The summed E-state index contributed by atoms with van der Waals surface area (Å²) in [4.78, 5) is 17.7. The van der Waals surface area contributed by atoms with Gasteiger partial charge in [0.2, 0.25) is 0 Å². The van der Waals surface area contributed by atoms with Gasteiger partial charge in [0.1, 0.15) is 0 Å². The molecule has 1 saturated heterocycles. The first kappa shape index (κ1) is 22.1. The number of nitrogens with one attached hydrogen (secondary N) is 1. The summed E-state index contributed by atoms with van der Waals surface area (Å²) in [6.07, 6.45) is 3.94. The van der Waals surface area contributed by atoms with E-state index in [1.807, 2.05) is 42.6 Å². The number of carbonyl (C=O) groups is 1. The van der Waals surface area contributed by atoms with Gasteiger partial charge >= 0.3 is 0 Å². The third-order valence-electron chi connectivity index (χ3n) is 5.15. The Labute approximate surface area is 209 Å². The number of fused-ring (bicyclic) bond motifs is 1. The van der Waals surface area contributed by atoms with Gasteiger partial charge in [-0.3, -0.25) is 4.79 Å². The highest BCUT2D eigenvalue weighted by atomic mass is 35.5. The highest BCUT2D eigenvalue weighted by molar-refractivity contribution is 8.18. The van der Waals surface area contributed by atoms with Crippen LogP contribution in [0, 0.1) is 0 Å². The number of aromatic nitrogens is 1. The van der Waals surface area contributed by atoms with Crippen molar-refractivity contribution in [1.29, 1.82) is 0 Å². The van der Waals surface area contributed by atoms with E-state index < -0.39 is 0 Å². The van der Waals surface area contributed by atoms with Gasteiger partial charge in [-0.15, -0.1) is 0 Å². The lowest BCUT2D eigenvalue weighted by atomic mass is 10.1. The molecule has 0 bridgehead atoms. The smallest absolute Gasteiger partial charge is 0.264 e. The zero-order valence-electron chi connectivity index (χ0n) is 17.1. The molecule has 0 unspecified atom stereocenters. The molecule has 1 aliphatic heterocycles. The Bertz CT molecular complexity index is 1440. The van der Waals surface area contributed by atoms with Crippen molar-refractivity contribution in [3.8, 4) is 0 Å². The number of carbonyl (C=O) groups excluding carboxylic acids is 1. The molecule has 8 heteroatoms. The van der Waals surface area contributed by atoms with Gasteiger partial charge in [-0.25, -0.2) is 4.99 Å². The van der Waals surface area contributed by atoms with Crippen LogP contribution in [0.5, 0.6) is 0 Å². The monoisotopic (exact) mass is 511 g/mol. The molecule has 3 aromatic carbocycles. The number of benzene rings is 3. The van der Waals surface area contributed by atoms with Gasteiger partial charge in [-0.1, -0.05) is 59.1 Å². The molecule has 1 aliphatic rings. The molecule has 0 spiro atoms. The van der Waals surface area contributed by atoms with Crippen molar-refractivity contribution >= 4 is 80.3 Å². The summed E-state index contributed by atoms with van der Waals surface area (Å²) < 4.78 is 2.14. The Hall–Kier alpha value is -2.70. The highest BCUT2D eigenvalue weighted by Gasteiger charge is 2.24. The zero-order valence-corrected chi connectivity index (χ0v) is 20.1. The van der Waals surface area contributed by atoms with Gasteiger partial charge < -0.3 is 9.88 Å². The van der Waals surface area contributed by atoms with Crippen LogP contribution in [0.2, 0.25) is 15.1 Å². The zero-order chi connectivity index (χ0) is 22.9. The Morgan fingerprint density at radius 1 is 0.970 bits per heavy atom. The second-order valence-electron chi connectivity index (χ2n) is 7.44. The maximum Gasteiger partial charge on any atom is 0.264 e. The Morgan fingerprint density at radius 3 is 2.55 bits per heavy atom. The number of rotatable bonds is 4. The van der Waals surface area contributed by atoms with E-state index in [0.29, 0.717) is 31.7 Å². The number of hydrogen-bond donors (Lipinski definition) is 1. The van der Waals surface area contributed by atoms with Crippen molar-refractivity contribution in [1.82, 2.24) is 9.88 Å². The van der Waals surface area contributed by atoms with E-state index in [0.717, 1.165) is 27.7 Å². The average molecular weight is 513 g/mol. The quantitative estimate of drug-likeness (QED) is 0.287. The second kappa shape index (κ2) is 9.27. The Kier molecular flexibility index (Phi) is 6.21. The molecule has 0 atom stereocenters. The van der Waals surface area contributed by atoms with Crippen LogP contribution in [0.25, 0.3) is 17.0 Å². The second-order valence-corrected chi connectivity index (χ2v) is 9.72. The van der Waals surface area contributed by atoms with Gasteiger partial charge in [0, 0.05) is 34.2 Å². The molecule has 0 radical (unpaired) electrons. The first-order valence-electron chi connectivity index (χ1n) is 10.0. The molecule has 1 amide bonds. The van der Waals surface area contributed by atoms with Crippen LogP contribution in [0.4, 0.5) is 5.69 Å². The van der Waals surface area contributed by atoms with Crippen molar-refractivity contribution in [3.05, 3.63) is 104 Å². The minimum Gasteiger partial charge on any atom is -0.342 e. The van der Waals surface area contributed by atoms with Crippen molar-refractivity contribution in [2.75, 3.05) is 0 Å². The average Bonchev–Trinajstić information content (AvgIpc) is 3.32. The van der Waals surface area contributed by atoms with E-state index in [9.17, 15) is 4.79 Å². The summed E-state index contributed by atoms with van der Waals surface area (Å²) in [6, 6.07) is 20.9. The minimum absolute atomic E-state index is 0.172. The summed E-state index contributed by atoms with van der Waals surface area (Å²) in [7, 11) is 0. The predicted molar refractivity (Wildman–Crippen MR) is 140 cm³/mol. The fourth-order valence-electron chi connectivity index (χ4n) is 3.61. The number of thioether (sulfide) groups is 1. The molecule has 4 aromatic rings. The highest BCUT2D eigenvalue weighted by Crippen LogP contribution is 2.32. The molecule has 33 heavy (non-hydrogen) atoms. The topological polar surface area (TPSA) is 46.4 Å². The fraction of sp³-hybridized carbons (Fsp3) is 0.0400. The molecule has 4 nitrogen and oxygen atoms in total. The van der Waals surface area contributed by atoms with E-state index >= 15 is 0 Å². The standard InChI is InChI=1S/C25H16Cl3N3OS/c26-17-6-8-18(9-7-17)29-25-30-24(32)23(33-25)12-16-14-31(22-4-2-1-3-19(16)22)13-15-5-10-20(27)21(28)11-15/h1-12,14H,13H2,(H,29,30,32)/b23-12-. The third kappa shape index (κ3) is 4.82. The summed E-state index contributed by atoms with van der Waals surface area (Å²) in [5.74, 6) is -0.172. The van der Waals surface area contributed by atoms with E-state index in [1.54, 1.807) is 30.3 Å². The summed E-state index contributed by atoms with van der Waals surface area (Å²) in [5, 5.41) is 6.12. The molecule has 1 aromatic heterocycles. The fourth-order valence-corrected chi connectivity index (χ4v) is 4.89. The van der Waals surface area contributed by atoms with Crippen LogP contribution in [0.3, 0.4) is 0 Å². The first-order chi connectivity index (χ1) is 16.0. The lowest BCUT2D eigenvalue weighted by molar-refractivity contribution is -0.115. The lowest BCUT2D eigenvalue weighted by Crippen LogP contribution is -2.19. The maximum atomic E-state index is 12.6. The molecule has 1 fully saturated rings. The molecular weight excluding hydrogens is 497 g/mol. The van der Waals surface area contributed by atoms with Gasteiger partial charge in [0.25, 0.3) is 5.91 Å². The van der Waals surface area contributed by atoms with E-state index in [1.165, 1.54) is 11.8 Å². The van der Waals surface area contributed by atoms with E-state index in [-0.39, 0.29) is 5.91 Å². The molecule has 5 rings (SSSR count). The molecule has 164 valence electrons. The van der Waals surface area contributed by atoms with E-state index in [2.05, 4.69) is 20.9 Å². The van der Waals surface area contributed by atoms with Gasteiger partial charge in [0.05, 0.1) is 20.6 Å². The van der Waals surface area contributed by atoms with Crippen molar-refractivity contribution in [2.45, 2.75) is 6.54 Å². The SMILES string of the molecule is O=C1NC(=Nc2ccc(Cl)cc2)S/C1=C\c1cn(Cc2ccc(Cl)c(Cl)c2)c2ccccc12. The van der Waals surface area contributed by atoms with Crippen molar-refractivity contribution in [2.24, 2.45) is 4.99 Å². The first-order valence-corrected chi connectivity index (χ1v) is 12.0. The van der Waals surface area contributed by atoms with Crippen LogP contribution >= 0.6 is 46.6 Å². The van der Waals surface area contributed by atoms with Crippen LogP contribution in [0.15, 0.2) is 82.8 Å². The molecule has 0 saturated carbocycles.